The molecule has 0 saturated carbocycles. The van der Waals surface area contributed by atoms with E-state index in [-0.39, 0.29) is 33.0 Å². The number of unbranched alkanes of at least 4 members (excludes halogenated alkanes) is 1. The summed E-state index contributed by atoms with van der Waals surface area (Å²) in [7, 11) is -0.0212. The molecule has 2 nitrogen and oxygen atoms in total. The summed E-state index contributed by atoms with van der Waals surface area (Å²) in [5, 5.41) is 1.73. The molecule has 0 aromatic heterocycles. The molecule has 0 fully saturated rings. The third kappa shape index (κ3) is 7.81. The van der Waals surface area contributed by atoms with Gasteiger partial charge >= 0.3 is 18.9 Å². The van der Waals surface area contributed by atoms with Gasteiger partial charge in [0.1, 0.15) is 5.75 Å². The molecule has 0 aliphatic carbocycles. The Morgan fingerprint density at radius 3 is 2.26 bits per heavy atom. The Hall–Kier alpha value is -0.483. The molecule has 0 aliphatic heterocycles. The summed E-state index contributed by atoms with van der Waals surface area (Å²) in [6.45, 7) is 5.16. The first kappa shape index (κ1) is 24.6. The van der Waals surface area contributed by atoms with Crippen LogP contribution in [0.2, 0.25) is 10.0 Å². The van der Waals surface area contributed by atoms with E-state index in [9.17, 15) is 4.79 Å². The average molecular weight is 419 g/mol. The van der Waals surface area contributed by atoms with Crippen LogP contribution < -0.4 is 10.0 Å². The molecule has 0 saturated heterocycles. The predicted octanol–water partition coefficient (Wildman–Crippen LogP) is 6.08. The number of rotatable bonds is 10. The third-order valence-electron chi connectivity index (χ3n) is 4.33. The zero-order chi connectivity index (χ0) is 18.9. The molecule has 0 amide bonds. The molecule has 27 heavy (non-hydrogen) atoms. The number of benzene rings is 2. The van der Waals surface area contributed by atoms with E-state index >= 15 is 0 Å². The fourth-order valence-corrected chi connectivity index (χ4v) is 4.37. The predicted molar refractivity (Wildman–Crippen MR) is 121 cm³/mol. The van der Waals surface area contributed by atoms with Crippen molar-refractivity contribution in [3.05, 3.63) is 58.1 Å². The van der Waals surface area contributed by atoms with E-state index in [2.05, 4.69) is 13.8 Å². The number of carbonyl (C=O) groups is 1. The molecule has 2 aromatic rings. The SMILES string of the molecule is CCCCC(CC)COc1ccc(PC(=O)c2c(Cl)cccc2Cl)cc1.[LiH]. The normalized spacial score (nSPS) is 12.0. The summed E-state index contributed by atoms with van der Waals surface area (Å²) in [5.74, 6) is 1.44. The van der Waals surface area contributed by atoms with E-state index in [1.807, 2.05) is 24.3 Å². The van der Waals surface area contributed by atoms with Crippen LogP contribution in [0.3, 0.4) is 0 Å². The van der Waals surface area contributed by atoms with E-state index in [4.69, 9.17) is 27.9 Å². The van der Waals surface area contributed by atoms with Crippen LogP contribution in [-0.2, 0) is 0 Å². The summed E-state index contributed by atoms with van der Waals surface area (Å²) in [6.07, 6.45) is 4.80. The van der Waals surface area contributed by atoms with Gasteiger partial charge in [-0.2, -0.15) is 0 Å². The van der Waals surface area contributed by atoms with Gasteiger partial charge in [0.15, 0.2) is 5.52 Å². The molecular formula is C21H26Cl2LiO2P. The molecule has 0 spiro atoms. The Kier molecular flexibility index (Phi) is 11.7. The van der Waals surface area contributed by atoms with Crippen molar-refractivity contribution in [3.8, 4) is 5.75 Å². The standard InChI is InChI=1S/C21H25Cl2O2P.Li.H/c1-3-5-7-15(4-2)14-25-16-10-12-17(13-11-16)26-21(24)20-18(22)8-6-9-19(20)23;;/h6,8-13,15,26H,3-5,7,14H2,1-2H3;;. The van der Waals surface area contributed by atoms with Crippen LogP contribution in [0.15, 0.2) is 42.5 Å². The maximum absolute atomic E-state index is 12.5. The Balaban J connectivity index is 0.00000364. The van der Waals surface area contributed by atoms with Crippen molar-refractivity contribution in [2.45, 2.75) is 39.5 Å². The Morgan fingerprint density at radius 1 is 1.07 bits per heavy atom. The van der Waals surface area contributed by atoms with Crippen molar-refractivity contribution >= 4 is 61.5 Å². The second-order valence-electron chi connectivity index (χ2n) is 6.30. The third-order valence-corrected chi connectivity index (χ3v) is 6.06. The molecule has 142 valence electrons. The molecule has 0 N–H and O–H groups in total. The van der Waals surface area contributed by atoms with Gasteiger partial charge in [0.2, 0.25) is 0 Å². The van der Waals surface area contributed by atoms with E-state index < -0.39 is 0 Å². The van der Waals surface area contributed by atoms with Crippen LogP contribution in [0.25, 0.3) is 0 Å². The van der Waals surface area contributed by atoms with Crippen LogP contribution in [0.1, 0.15) is 49.9 Å². The number of hydrogen-bond donors (Lipinski definition) is 0. The van der Waals surface area contributed by atoms with Crippen molar-refractivity contribution in [1.29, 1.82) is 0 Å². The van der Waals surface area contributed by atoms with Crippen LogP contribution in [0, 0.1) is 5.92 Å². The van der Waals surface area contributed by atoms with Crippen molar-refractivity contribution in [2.75, 3.05) is 6.61 Å². The van der Waals surface area contributed by atoms with Crippen molar-refractivity contribution in [1.82, 2.24) is 0 Å². The quantitative estimate of drug-likeness (QED) is 0.345. The van der Waals surface area contributed by atoms with Crippen molar-refractivity contribution in [3.63, 3.8) is 0 Å². The summed E-state index contributed by atoms with van der Waals surface area (Å²) < 4.78 is 5.91. The van der Waals surface area contributed by atoms with Crippen LogP contribution >= 0.6 is 31.8 Å². The maximum atomic E-state index is 12.5. The first-order valence-corrected chi connectivity index (χ1v) is 10.8. The van der Waals surface area contributed by atoms with Gasteiger partial charge in [-0.05, 0) is 50.5 Å². The molecule has 2 aromatic carbocycles. The minimum atomic E-state index is -0.0557. The molecule has 0 bridgehead atoms. The van der Waals surface area contributed by atoms with Gasteiger partial charge in [-0.1, -0.05) is 74.5 Å². The second-order valence-corrected chi connectivity index (χ2v) is 8.40. The molecule has 2 unspecified atom stereocenters. The fourth-order valence-electron chi connectivity index (χ4n) is 2.66. The molecular weight excluding hydrogens is 393 g/mol. The number of ether oxygens (including phenoxy) is 1. The molecule has 0 radical (unpaired) electrons. The van der Waals surface area contributed by atoms with Gasteiger partial charge in [-0.3, -0.25) is 4.79 Å². The zero-order valence-electron chi connectivity index (χ0n) is 15.2. The van der Waals surface area contributed by atoms with Crippen LogP contribution in [-0.4, -0.2) is 31.0 Å². The first-order valence-electron chi connectivity index (χ1n) is 9.03. The average Bonchev–Trinajstić information content (AvgIpc) is 2.63. The Labute approximate surface area is 186 Å². The summed E-state index contributed by atoms with van der Waals surface area (Å²) >= 11 is 12.2. The Bertz CT molecular complexity index is 702. The van der Waals surface area contributed by atoms with E-state index in [1.165, 1.54) is 19.3 Å². The molecule has 0 aliphatic rings. The second kappa shape index (κ2) is 12.9. The minimum absolute atomic E-state index is 0. The summed E-state index contributed by atoms with van der Waals surface area (Å²) in [6, 6.07) is 12.8. The summed E-state index contributed by atoms with van der Waals surface area (Å²) in [5.41, 5.74) is 0.344. The van der Waals surface area contributed by atoms with Crippen molar-refractivity contribution in [2.24, 2.45) is 5.92 Å². The summed E-state index contributed by atoms with van der Waals surface area (Å²) in [4.78, 5) is 12.5. The molecule has 0 heterocycles. The number of hydrogen-bond acceptors (Lipinski definition) is 2. The topological polar surface area (TPSA) is 26.3 Å². The number of carbonyl (C=O) groups excluding carboxylic acids is 1. The van der Waals surface area contributed by atoms with Gasteiger partial charge in [-0.25, -0.2) is 0 Å². The first-order chi connectivity index (χ1) is 12.5. The van der Waals surface area contributed by atoms with Crippen LogP contribution in [0.4, 0.5) is 0 Å². The molecule has 2 atom stereocenters. The number of halogens is 2. The zero-order valence-corrected chi connectivity index (χ0v) is 17.7. The van der Waals surface area contributed by atoms with Gasteiger partial charge in [-0.15, -0.1) is 0 Å². The Morgan fingerprint density at radius 2 is 1.70 bits per heavy atom. The monoisotopic (exact) mass is 418 g/mol. The van der Waals surface area contributed by atoms with E-state index in [1.54, 1.807) is 18.2 Å². The van der Waals surface area contributed by atoms with E-state index in [0.29, 0.717) is 21.5 Å². The van der Waals surface area contributed by atoms with Crippen LogP contribution in [0.5, 0.6) is 5.75 Å². The van der Waals surface area contributed by atoms with E-state index in [0.717, 1.165) is 24.1 Å². The van der Waals surface area contributed by atoms with Gasteiger partial charge in [0.25, 0.3) is 0 Å². The molecule has 6 heteroatoms. The molecule has 2 rings (SSSR count). The van der Waals surface area contributed by atoms with Gasteiger partial charge in [0.05, 0.1) is 22.2 Å². The van der Waals surface area contributed by atoms with Gasteiger partial charge < -0.3 is 4.74 Å². The van der Waals surface area contributed by atoms with Gasteiger partial charge in [0, 0.05) is 0 Å². The van der Waals surface area contributed by atoms with Crippen molar-refractivity contribution < 1.29 is 9.53 Å². The fraction of sp³-hybridized carbons (Fsp3) is 0.381.